The van der Waals surface area contributed by atoms with E-state index in [-0.39, 0.29) is 4.90 Å². The highest BCUT2D eigenvalue weighted by atomic mass is 32.2. The summed E-state index contributed by atoms with van der Waals surface area (Å²) in [4.78, 5) is 0.275. The first-order valence-corrected chi connectivity index (χ1v) is 8.34. The SMILES string of the molecule is Cc1ccc(S(=O)(=O)n2cccc2-c2cn(C)nc2C)cc1. The van der Waals surface area contributed by atoms with E-state index >= 15 is 0 Å². The van der Waals surface area contributed by atoms with Gasteiger partial charge in [-0.05, 0) is 38.1 Å². The zero-order valence-corrected chi connectivity index (χ0v) is 13.5. The molecule has 0 amide bonds. The van der Waals surface area contributed by atoms with Gasteiger partial charge in [-0.25, -0.2) is 12.4 Å². The second-order valence-electron chi connectivity index (χ2n) is 5.31. The van der Waals surface area contributed by atoms with Crippen molar-refractivity contribution in [3.8, 4) is 11.3 Å². The highest BCUT2D eigenvalue weighted by Gasteiger charge is 2.21. The fourth-order valence-electron chi connectivity index (χ4n) is 2.46. The molecule has 0 unspecified atom stereocenters. The molecule has 22 heavy (non-hydrogen) atoms. The van der Waals surface area contributed by atoms with Crippen LogP contribution in [0.1, 0.15) is 11.3 Å². The molecule has 0 fully saturated rings. The summed E-state index contributed by atoms with van der Waals surface area (Å²) in [6, 6.07) is 10.4. The van der Waals surface area contributed by atoms with Crippen LogP contribution in [0, 0.1) is 13.8 Å². The number of aryl methyl sites for hydroxylation is 3. The first-order chi connectivity index (χ1) is 10.4. The summed E-state index contributed by atoms with van der Waals surface area (Å²) in [6.45, 7) is 3.79. The lowest BCUT2D eigenvalue weighted by Crippen LogP contribution is -2.13. The normalized spacial score (nSPS) is 11.8. The van der Waals surface area contributed by atoms with Crippen LogP contribution in [0.5, 0.6) is 0 Å². The van der Waals surface area contributed by atoms with Gasteiger partial charge in [-0.2, -0.15) is 5.10 Å². The molecule has 0 bridgehead atoms. The molecule has 0 N–H and O–H groups in total. The number of rotatable bonds is 3. The third-order valence-electron chi connectivity index (χ3n) is 3.58. The molecule has 1 aromatic carbocycles. The van der Waals surface area contributed by atoms with Gasteiger partial charge in [-0.3, -0.25) is 4.68 Å². The van der Waals surface area contributed by atoms with Crippen molar-refractivity contribution in [2.24, 2.45) is 7.05 Å². The van der Waals surface area contributed by atoms with Gasteiger partial charge < -0.3 is 0 Å². The van der Waals surface area contributed by atoms with Crippen molar-refractivity contribution >= 4 is 10.0 Å². The molecule has 0 spiro atoms. The number of nitrogens with zero attached hydrogens (tertiary/aromatic N) is 3. The Morgan fingerprint density at radius 3 is 2.32 bits per heavy atom. The number of benzene rings is 1. The summed E-state index contributed by atoms with van der Waals surface area (Å²) in [7, 11) is -1.80. The topological polar surface area (TPSA) is 56.9 Å². The Hall–Kier alpha value is -2.34. The van der Waals surface area contributed by atoms with Gasteiger partial charge in [-0.1, -0.05) is 17.7 Å². The fraction of sp³-hybridized carbons (Fsp3) is 0.188. The molecule has 3 rings (SSSR count). The van der Waals surface area contributed by atoms with Crippen LogP contribution < -0.4 is 0 Å². The molecule has 6 heteroatoms. The van der Waals surface area contributed by atoms with Crippen molar-refractivity contribution in [3.05, 3.63) is 60.0 Å². The Balaban J connectivity index is 2.16. The van der Waals surface area contributed by atoms with Crippen LogP contribution in [0.4, 0.5) is 0 Å². The Labute approximate surface area is 129 Å². The van der Waals surface area contributed by atoms with Crippen molar-refractivity contribution in [3.63, 3.8) is 0 Å². The molecule has 0 aliphatic carbocycles. The molecule has 0 aliphatic heterocycles. The molecule has 0 saturated heterocycles. The first kappa shape index (κ1) is 14.6. The minimum absolute atomic E-state index is 0.275. The standard InChI is InChI=1S/C16H17N3O2S/c1-12-6-8-14(9-7-12)22(20,21)19-10-4-5-16(19)15-11-18(3)17-13(15)2/h4-11H,1-3H3. The second-order valence-corrected chi connectivity index (χ2v) is 7.12. The van der Waals surface area contributed by atoms with Crippen LogP contribution in [0.15, 0.2) is 53.7 Å². The van der Waals surface area contributed by atoms with Crippen LogP contribution in [-0.2, 0) is 17.1 Å². The molecule has 5 nitrogen and oxygen atoms in total. The van der Waals surface area contributed by atoms with Gasteiger partial charge >= 0.3 is 0 Å². The lowest BCUT2D eigenvalue weighted by atomic mass is 10.2. The summed E-state index contributed by atoms with van der Waals surface area (Å²) < 4.78 is 28.7. The lowest BCUT2D eigenvalue weighted by Gasteiger charge is -2.10. The van der Waals surface area contributed by atoms with E-state index in [4.69, 9.17) is 0 Å². The van der Waals surface area contributed by atoms with E-state index in [0.29, 0.717) is 5.69 Å². The monoisotopic (exact) mass is 315 g/mol. The maximum Gasteiger partial charge on any atom is 0.268 e. The summed E-state index contributed by atoms with van der Waals surface area (Å²) >= 11 is 0. The average molecular weight is 315 g/mol. The van der Waals surface area contributed by atoms with Crippen LogP contribution in [-0.4, -0.2) is 22.2 Å². The first-order valence-electron chi connectivity index (χ1n) is 6.90. The van der Waals surface area contributed by atoms with Crippen molar-refractivity contribution in [2.45, 2.75) is 18.7 Å². The van der Waals surface area contributed by atoms with Crippen molar-refractivity contribution in [2.75, 3.05) is 0 Å². The van der Waals surface area contributed by atoms with Gasteiger partial charge in [0, 0.05) is 25.0 Å². The van der Waals surface area contributed by atoms with E-state index in [0.717, 1.165) is 16.8 Å². The third kappa shape index (κ3) is 2.35. The Bertz CT molecular complexity index is 919. The molecule has 0 aliphatic rings. The molecule has 0 radical (unpaired) electrons. The van der Waals surface area contributed by atoms with Crippen molar-refractivity contribution in [1.82, 2.24) is 13.8 Å². The minimum Gasteiger partial charge on any atom is -0.275 e. The van der Waals surface area contributed by atoms with Crippen LogP contribution >= 0.6 is 0 Å². The van der Waals surface area contributed by atoms with Crippen molar-refractivity contribution < 1.29 is 8.42 Å². The van der Waals surface area contributed by atoms with Gasteiger partial charge in [0.15, 0.2) is 0 Å². The quantitative estimate of drug-likeness (QED) is 0.747. The number of aromatic nitrogens is 3. The molecule has 114 valence electrons. The van der Waals surface area contributed by atoms with Gasteiger partial charge in [-0.15, -0.1) is 0 Å². The van der Waals surface area contributed by atoms with E-state index in [1.54, 1.807) is 47.3 Å². The molecule has 0 atom stereocenters. The largest absolute Gasteiger partial charge is 0.275 e. The average Bonchev–Trinajstić information content (AvgIpc) is 3.05. The maximum atomic E-state index is 12.9. The van der Waals surface area contributed by atoms with E-state index in [9.17, 15) is 8.42 Å². The summed E-state index contributed by atoms with van der Waals surface area (Å²) in [5.74, 6) is 0. The van der Waals surface area contributed by atoms with Gasteiger partial charge in [0.25, 0.3) is 10.0 Å². The summed E-state index contributed by atoms with van der Waals surface area (Å²) in [5.41, 5.74) is 3.24. The zero-order valence-electron chi connectivity index (χ0n) is 12.7. The van der Waals surface area contributed by atoms with E-state index in [2.05, 4.69) is 5.10 Å². The highest BCUT2D eigenvalue weighted by molar-refractivity contribution is 7.90. The number of hydrogen-bond donors (Lipinski definition) is 0. The summed E-state index contributed by atoms with van der Waals surface area (Å²) in [5, 5.41) is 4.28. The predicted octanol–water partition coefficient (Wildman–Crippen LogP) is 2.74. The molecule has 2 heterocycles. The Morgan fingerprint density at radius 2 is 1.73 bits per heavy atom. The van der Waals surface area contributed by atoms with Crippen molar-refractivity contribution in [1.29, 1.82) is 0 Å². The Morgan fingerprint density at radius 1 is 1.05 bits per heavy atom. The molecule has 3 aromatic rings. The zero-order chi connectivity index (χ0) is 15.9. The molecular formula is C16H17N3O2S. The van der Waals surface area contributed by atoms with Gasteiger partial charge in [0.2, 0.25) is 0 Å². The van der Waals surface area contributed by atoms with Crippen LogP contribution in [0.2, 0.25) is 0 Å². The molecule has 0 saturated carbocycles. The van der Waals surface area contributed by atoms with E-state index < -0.39 is 10.0 Å². The van der Waals surface area contributed by atoms with Gasteiger partial charge in [0.05, 0.1) is 16.3 Å². The fourth-order valence-corrected chi connectivity index (χ4v) is 3.81. The third-order valence-corrected chi connectivity index (χ3v) is 5.28. The lowest BCUT2D eigenvalue weighted by molar-refractivity contribution is 0.588. The van der Waals surface area contributed by atoms with Crippen LogP contribution in [0.3, 0.4) is 0 Å². The van der Waals surface area contributed by atoms with E-state index in [1.165, 1.54) is 3.97 Å². The minimum atomic E-state index is -3.62. The smallest absolute Gasteiger partial charge is 0.268 e. The molecule has 2 aromatic heterocycles. The highest BCUT2D eigenvalue weighted by Crippen LogP contribution is 2.27. The summed E-state index contributed by atoms with van der Waals surface area (Å²) in [6.07, 6.45) is 3.39. The van der Waals surface area contributed by atoms with E-state index in [1.807, 2.05) is 27.1 Å². The molecular weight excluding hydrogens is 298 g/mol. The maximum absolute atomic E-state index is 12.9. The predicted molar refractivity (Wildman–Crippen MR) is 85.1 cm³/mol. The van der Waals surface area contributed by atoms with Gasteiger partial charge in [0.1, 0.15) is 0 Å². The Kier molecular flexibility index (Phi) is 3.41. The van der Waals surface area contributed by atoms with Crippen LogP contribution in [0.25, 0.3) is 11.3 Å². The second kappa shape index (κ2) is 5.14. The number of hydrogen-bond acceptors (Lipinski definition) is 3.